The molecule has 0 bridgehead atoms. The number of carbonyl (C=O) groups excluding carboxylic acids is 1. The Morgan fingerprint density at radius 1 is 1.47 bits per heavy atom. The Morgan fingerprint density at radius 2 is 2.20 bits per heavy atom. The van der Waals surface area contributed by atoms with Gasteiger partial charge in [-0.15, -0.1) is 0 Å². The van der Waals surface area contributed by atoms with Crippen LogP contribution in [0.25, 0.3) is 6.08 Å². The molecule has 0 radical (unpaired) electrons. The number of allylic oxidation sites excluding steroid dienone is 1. The molecule has 1 aromatic carbocycles. The van der Waals surface area contributed by atoms with E-state index in [1.54, 1.807) is 0 Å². The van der Waals surface area contributed by atoms with Crippen molar-refractivity contribution < 1.29 is 9.53 Å². The molecular weight excluding hydrogens is 188 g/mol. The second-order valence-electron chi connectivity index (χ2n) is 3.03. The van der Waals surface area contributed by atoms with Gasteiger partial charge in [-0.05, 0) is 17.5 Å². The summed E-state index contributed by atoms with van der Waals surface area (Å²) < 4.78 is 4.14. The lowest BCUT2D eigenvalue weighted by Crippen LogP contribution is -1.91. The third-order valence-corrected chi connectivity index (χ3v) is 2.06. The maximum Gasteiger partial charge on any atom is 0.329 e. The monoisotopic (exact) mass is 202 g/mol. The smallest absolute Gasteiger partial charge is 0.329 e. The van der Waals surface area contributed by atoms with Gasteiger partial charge in [0.2, 0.25) is 0 Å². The van der Waals surface area contributed by atoms with E-state index in [1.165, 1.54) is 18.2 Å². The van der Waals surface area contributed by atoms with E-state index in [1.807, 2.05) is 0 Å². The molecule has 15 heavy (non-hydrogen) atoms. The Labute approximate surface area is 89.9 Å². The van der Waals surface area contributed by atoms with Gasteiger partial charge < -0.3 is 4.74 Å². The summed E-state index contributed by atoms with van der Waals surface area (Å²) in [5.41, 5.74) is 2.84. The van der Waals surface area contributed by atoms with Crippen LogP contribution in [0.2, 0.25) is 0 Å². The molecule has 0 atom stereocenters. The zero-order valence-electron chi connectivity index (χ0n) is 8.77. The second kappa shape index (κ2) is 5.81. The lowest BCUT2D eigenvalue weighted by atomic mass is 10.1. The quantitative estimate of drug-likeness (QED) is 0.517. The van der Waals surface area contributed by atoms with Gasteiger partial charge in [-0.1, -0.05) is 43.0 Å². The first kappa shape index (κ1) is 11.2. The van der Waals surface area contributed by atoms with E-state index < -0.39 is 5.97 Å². The van der Waals surface area contributed by atoms with Gasteiger partial charge in [0.15, 0.2) is 0 Å². The van der Waals surface area contributed by atoms with Crippen molar-refractivity contribution >= 4 is 12.0 Å². The van der Waals surface area contributed by atoms with Crippen molar-refractivity contribution in [3.8, 4) is 0 Å². The van der Waals surface area contributed by atoms with Crippen LogP contribution in [0.5, 0.6) is 0 Å². The molecule has 78 valence electrons. The van der Waals surface area contributed by atoms with E-state index in [0.29, 0.717) is 0 Å². The van der Waals surface area contributed by atoms with Crippen LogP contribution in [0.4, 0.5) is 0 Å². The van der Waals surface area contributed by atoms with Crippen LogP contribution in [0.3, 0.4) is 0 Å². The van der Waals surface area contributed by atoms with E-state index in [-0.39, 0.29) is 0 Å². The Balaban J connectivity index is 0.000000167. The van der Waals surface area contributed by atoms with Gasteiger partial charge in [0, 0.05) is 6.08 Å². The Hall–Kier alpha value is -1.83. The first-order chi connectivity index (χ1) is 7.27. The molecule has 1 aliphatic carbocycles. The van der Waals surface area contributed by atoms with E-state index in [2.05, 4.69) is 47.7 Å². The highest BCUT2D eigenvalue weighted by atomic mass is 16.5. The summed E-state index contributed by atoms with van der Waals surface area (Å²) in [4.78, 5) is 9.84. The van der Waals surface area contributed by atoms with Crippen LogP contribution >= 0.6 is 0 Å². The van der Waals surface area contributed by atoms with Crippen molar-refractivity contribution in [2.45, 2.75) is 6.42 Å². The number of rotatable bonds is 1. The maximum atomic E-state index is 9.84. The van der Waals surface area contributed by atoms with Gasteiger partial charge in [0.1, 0.15) is 0 Å². The largest absolute Gasteiger partial charge is 0.466 e. The lowest BCUT2D eigenvalue weighted by Gasteiger charge is -1.93. The molecule has 2 heteroatoms. The standard InChI is InChI=1S/C9H8.C4H6O2/c1-2-5-9-7-3-6-8(9)4-1;1-3-4(5)6-2/h1-6H,7H2;3H,1H2,2H3. The normalized spacial score (nSPS) is 11.0. The highest BCUT2D eigenvalue weighted by Gasteiger charge is 2.00. The van der Waals surface area contributed by atoms with Crippen LogP contribution in [-0.2, 0) is 16.0 Å². The summed E-state index contributed by atoms with van der Waals surface area (Å²) in [6, 6.07) is 8.49. The third kappa shape index (κ3) is 3.43. The van der Waals surface area contributed by atoms with Crippen LogP contribution in [0.1, 0.15) is 11.1 Å². The molecule has 0 fully saturated rings. The minimum Gasteiger partial charge on any atom is -0.466 e. The molecular formula is C13H14O2. The number of esters is 1. The van der Waals surface area contributed by atoms with Crippen LogP contribution in [0.15, 0.2) is 43.0 Å². The van der Waals surface area contributed by atoms with E-state index >= 15 is 0 Å². The molecule has 0 spiro atoms. The number of methoxy groups -OCH3 is 1. The van der Waals surface area contributed by atoms with Crippen molar-refractivity contribution in [3.05, 3.63) is 54.1 Å². The molecule has 2 rings (SSSR count). The summed E-state index contributed by atoms with van der Waals surface area (Å²) in [6.07, 6.45) is 6.61. The summed E-state index contributed by atoms with van der Waals surface area (Å²) >= 11 is 0. The fourth-order valence-corrected chi connectivity index (χ4v) is 1.28. The van der Waals surface area contributed by atoms with Crippen LogP contribution < -0.4 is 0 Å². The second-order valence-corrected chi connectivity index (χ2v) is 3.03. The predicted octanol–water partition coefficient (Wildman–Crippen LogP) is 2.60. The maximum absolute atomic E-state index is 9.84. The minimum absolute atomic E-state index is 0.394. The molecule has 0 amide bonds. The molecule has 1 aromatic rings. The topological polar surface area (TPSA) is 26.3 Å². The minimum atomic E-state index is -0.394. The van der Waals surface area contributed by atoms with Crippen LogP contribution in [0, 0.1) is 0 Å². The van der Waals surface area contributed by atoms with Gasteiger partial charge in [-0.2, -0.15) is 0 Å². The van der Waals surface area contributed by atoms with E-state index in [0.717, 1.165) is 12.5 Å². The molecule has 2 nitrogen and oxygen atoms in total. The van der Waals surface area contributed by atoms with Gasteiger partial charge in [0.25, 0.3) is 0 Å². The number of carbonyl (C=O) groups is 1. The Bertz CT molecular complexity index is 378. The van der Waals surface area contributed by atoms with Gasteiger partial charge in [0.05, 0.1) is 7.11 Å². The summed E-state index contributed by atoms with van der Waals surface area (Å²) in [6.45, 7) is 3.16. The zero-order valence-corrected chi connectivity index (χ0v) is 8.77. The number of hydrogen-bond donors (Lipinski definition) is 0. The number of ether oxygens (including phenoxy) is 1. The first-order valence-corrected chi connectivity index (χ1v) is 4.72. The molecule has 0 saturated carbocycles. The average molecular weight is 202 g/mol. The first-order valence-electron chi connectivity index (χ1n) is 4.72. The van der Waals surface area contributed by atoms with Gasteiger partial charge in [-0.25, -0.2) is 4.79 Å². The Kier molecular flexibility index (Phi) is 4.35. The van der Waals surface area contributed by atoms with Crippen molar-refractivity contribution in [2.75, 3.05) is 7.11 Å². The molecule has 0 heterocycles. The number of benzene rings is 1. The highest BCUT2D eigenvalue weighted by Crippen LogP contribution is 2.17. The fraction of sp³-hybridized carbons (Fsp3) is 0.154. The number of hydrogen-bond acceptors (Lipinski definition) is 2. The third-order valence-electron chi connectivity index (χ3n) is 2.06. The SMILES string of the molecule is C1=Cc2ccccc2C1.C=CC(=O)OC. The van der Waals surface area contributed by atoms with Crippen molar-refractivity contribution in [1.29, 1.82) is 0 Å². The molecule has 0 N–H and O–H groups in total. The molecule has 0 unspecified atom stereocenters. The highest BCUT2D eigenvalue weighted by molar-refractivity contribution is 5.80. The van der Waals surface area contributed by atoms with E-state index in [9.17, 15) is 4.79 Å². The van der Waals surface area contributed by atoms with Crippen LogP contribution in [-0.4, -0.2) is 13.1 Å². The van der Waals surface area contributed by atoms with Crippen molar-refractivity contribution in [2.24, 2.45) is 0 Å². The molecule has 0 saturated heterocycles. The molecule has 0 aromatic heterocycles. The average Bonchev–Trinajstić information content (AvgIpc) is 2.76. The van der Waals surface area contributed by atoms with Crippen molar-refractivity contribution in [1.82, 2.24) is 0 Å². The lowest BCUT2D eigenvalue weighted by molar-refractivity contribution is -0.134. The summed E-state index contributed by atoms with van der Waals surface area (Å²) in [7, 11) is 1.31. The predicted molar refractivity (Wildman–Crippen MR) is 61.4 cm³/mol. The zero-order chi connectivity index (χ0) is 11.1. The van der Waals surface area contributed by atoms with E-state index in [4.69, 9.17) is 0 Å². The summed E-state index contributed by atoms with van der Waals surface area (Å²) in [5, 5.41) is 0. The van der Waals surface area contributed by atoms with Crippen molar-refractivity contribution in [3.63, 3.8) is 0 Å². The Morgan fingerprint density at radius 3 is 2.73 bits per heavy atom. The number of fused-ring (bicyclic) bond motifs is 1. The van der Waals surface area contributed by atoms with Gasteiger partial charge >= 0.3 is 5.97 Å². The fourth-order valence-electron chi connectivity index (χ4n) is 1.28. The molecule has 0 aliphatic heterocycles. The molecule has 1 aliphatic rings. The summed E-state index contributed by atoms with van der Waals surface area (Å²) in [5.74, 6) is -0.394. The van der Waals surface area contributed by atoms with Gasteiger partial charge in [-0.3, -0.25) is 0 Å².